The van der Waals surface area contributed by atoms with Gasteiger partial charge in [0.1, 0.15) is 11.6 Å². The summed E-state index contributed by atoms with van der Waals surface area (Å²) in [6.07, 6.45) is 0.511. The van der Waals surface area contributed by atoms with Crippen molar-refractivity contribution in [3.63, 3.8) is 0 Å². The quantitative estimate of drug-likeness (QED) is 0.149. The lowest BCUT2D eigenvalue weighted by atomic mass is 9.98. The van der Waals surface area contributed by atoms with Gasteiger partial charge in [0, 0.05) is 17.2 Å². The van der Waals surface area contributed by atoms with Crippen molar-refractivity contribution in [2.75, 3.05) is 13.2 Å². The maximum Gasteiger partial charge on any atom is 0.411 e. The topological polar surface area (TPSA) is 116 Å². The lowest BCUT2D eigenvalue weighted by Gasteiger charge is -2.30. The van der Waals surface area contributed by atoms with E-state index in [0.717, 1.165) is 21.9 Å². The third-order valence-electron chi connectivity index (χ3n) is 6.88. The predicted octanol–water partition coefficient (Wildman–Crippen LogP) is 5.38. The van der Waals surface area contributed by atoms with E-state index in [1.54, 1.807) is 45.0 Å². The molecule has 3 aromatic carbocycles. The SMILES string of the molecule is C[C@@H]1CC[C@@H](C(=O)OCC(=O)c2ccc(-c3ccc4cc(C(=O)COC=O)ccc4c3)cc2)N1C(=O)OC(C)(C)C. The Morgan fingerprint density at radius 1 is 0.829 bits per heavy atom. The summed E-state index contributed by atoms with van der Waals surface area (Å²) in [4.78, 5) is 62.1. The highest BCUT2D eigenvalue weighted by atomic mass is 16.6. The number of likely N-dealkylation sites (tertiary alicyclic amines) is 1. The molecule has 0 saturated carbocycles. The van der Waals surface area contributed by atoms with Crippen LogP contribution in [0.2, 0.25) is 0 Å². The number of fused-ring (bicyclic) bond motifs is 1. The minimum absolute atomic E-state index is 0.173. The zero-order valence-corrected chi connectivity index (χ0v) is 23.5. The summed E-state index contributed by atoms with van der Waals surface area (Å²) < 4.78 is 15.3. The molecular weight excluding hydrogens is 526 g/mol. The Hall–Kier alpha value is -4.53. The molecule has 3 aromatic rings. The highest BCUT2D eigenvalue weighted by Gasteiger charge is 2.42. The molecule has 1 amide bonds. The van der Waals surface area contributed by atoms with Crippen LogP contribution in [-0.2, 0) is 23.8 Å². The van der Waals surface area contributed by atoms with E-state index >= 15 is 0 Å². The number of ether oxygens (including phenoxy) is 3. The third-order valence-corrected chi connectivity index (χ3v) is 6.88. The summed E-state index contributed by atoms with van der Waals surface area (Å²) in [5, 5.41) is 1.78. The number of hydrogen-bond donors (Lipinski definition) is 0. The minimum Gasteiger partial charge on any atom is -0.459 e. The van der Waals surface area contributed by atoms with Crippen molar-refractivity contribution in [2.45, 2.75) is 58.2 Å². The monoisotopic (exact) mass is 559 g/mol. The number of carbonyl (C=O) groups excluding carboxylic acids is 5. The second kappa shape index (κ2) is 12.3. The van der Waals surface area contributed by atoms with E-state index in [1.807, 2.05) is 43.3 Å². The number of hydrogen-bond acceptors (Lipinski definition) is 8. The smallest absolute Gasteiger partial charge is 0.411 e. The van der Waals surface area contributed by atoms with Crippen LogP contribution in [0.15, 0.2) is 60.7 Å². The molecule has 0 aromatic heterocycles. The summed E-state index contributed by atoms with van der Waals surface area (Å²) in [6, 6.07) is 17.1. The van der Waals surface area contributed by atoms with Gasteiger partial charge in [0.25, 0.3) is 6.47 Å². The first-order valence-electron chi connectivity index (χ1n) is 13.4. The highest BCUT2D eigenvalue weighted by molar-refractivity contribution is 6.02. The zero-order chi connectivity index (χ0) is 29.7. The molecule has 1 heterocycles. The molecule has 1 aliphatic heterocycles. The van der Waals surface area contributed by atoms with Gasteiger partial charge in [0.15, 0.2) is 24.8 Å². The largest absolute Gasteiger partial charge is 0.459 e. The van der Waals surface area contributed by atoms with Gasteiger partial charge < -0.3 is 14.2 Å². The van der Waals surface area contributed by atoms with E-state index in [9.17, 15) is 24.0 Å². The van der Waals surface area contributed by atoms with Gasteiger partial charge in [0.05, 0.1) is 0 Å². The van der Waals surface area contributed by atoms with E-state index in [-0.39, 0.29) is 30.7 Å². The fourth-order valence-electron chi connectivity index (χ4n) is 4.79. The maximum absolute atomic E-state index is 12.8. The number of ketones is 2. The van der Waals surface area contributed by atoms with Gasteiger partial charge in [-0.2, -0.15) is 0 Å². The van der Waals surface area contributed by atoms with Crippen LogP contribution in [0.1, 0.15) is 61.3 Å². The molecule has 9 nitrogen and oxygen atoms in total. The van der Waals surface area contributed by atoms with Crippen molar-refractivity contribution in [3.05, 3.63) is 71.8 Å². The normalized spacial score (nSPS) is 16.7. The lowest BCUT2D eigenvalue weighted by molar-refractivity contribution is -0.148. The van der Waals surface area contributed by atoms with Crippen LogP contribution in [0.3, 0.4) is 0 Å². The summed E-state index contributed by atoms with van der Waals surface area (Å²) in [5.74, 6) is -1.26. The maximum atomic E-state index is 12.8. The molecule has 41 heavy (non-hydrogen) atoms. The fraction of sp³-hybridized carbons (Fsp3) is 0.344. The number of carbonyl (C=O) groups is 5. The Morgan fingerprint density at radius 3 is 2.12 bits per heavy atom. The number of amides is 1. The van der Waals surface area contributed by atoms with Crippen LogP contribution < -0.4 is 0 Å². The molecule has 0 radical (unpaired) electrons. The summed E-state index contributed by atoms with van der Waals surface area (Å²) in [6.45, 7) is 6.65. The van der Waals surface area contributed by atoms with E-state index in [4.69, 9.17) is 9.47 Å². The highest BCUT2D eigenvalue weighted by Crippen LogP contribution is 2.28. The van der Waals surface area contributed by atoms with Gasteiger partial charge in [-0.15, -0.1) is 0 Å². The average molecular weight is 560 g/mol. The van der Waals surface area contributed by atoms with Gasteiger partial charge in [-0.3, -0.25) is 19.3 Å². The molecule has 214 valence electrons. The second-order valence-electron chi connectivity index (χ2n) is 11.0. The van der Waals surface area contributed by atoms with Crippen LogP contribution >= 0.6 is 0 Å². The molecule has 9 heteroatoms. The Morgan fingerprint density at radius 2 is 1.44 bits per heavy atom. The summed E-state index contributed by atoms with van der Waals surface area (Å²) in [5.41, 5.74) is 1.96. The van der Waals surface area contributed by atoms with Crippen LogP contribution in [-0.4, -0.2) is 65.9 Å². The van der Waals surface area contributed by atoms with Gasteiger partial charge in [-0.1, -0.05) is 48.5 Å². The molecule has 0 N–H and O–H groups in total. The third kappa shape index (κ3) is 7.16. The molecule has 1 saturated heterocycles. The van der Waals surface area contributed by atoms with Crippen LogP contribution in [0.5, 0.6) is 0 Å². The number of Topliss-reactive ketones (excluding diaryl/α,β-unsaturated/α-hetero) is 2. The molecule has 0 spiro atoms. The molecule has 0 bridgehead atoms. The van der Waals surface area contributed by atoms with Crippen LogP contribution in [0.25, 0.3) is 21.9 Å². The number of rotatable bonds is 9. The van der Waals surface area contributed by atoms with Gasteiger partial charge in [-0.05, 0) is 74.6 Å². The first kappa shape index (κ1) is 29.5. The minimum atomic E-state index is -0.790. The number of benzene rings is 3. The summed E-state index contributed by atoms with van der Waals surface area (Å²) in [7, 11) is 0. The Balaban J connectivity index is 1.38. The molecule has 1 fully saturated rings. The molecule has 4 rings (SSSR count). The van der Waals surface area contributed by atoms with E-state index in [0.29, 0.717) is 24.0 Å². The second-order valence-corrected chi connectivity index (χ2v) is 11.0. The molecular formula is C32H33NO8. The van der Waals surface area contributed by atoms with Crippen molar-refractivity contribution in [1.82, 2.24) is 4.90 Å². The van der Waals surface area contributed by atoms with Gasteiger partial charge in [-0.25, -0.2) is 9.59 Å². The average Bonchev–Trinajstić information content (AvgIpc) is 3.34. The Kier molecular flexibility index (Phi) is 8.86. The van der Waals surface area contributed by atoms with Gasteiger partial charge in [0.2, 0.25) is 0 Å². The Bertz CT molecular complexity index is 1470. The number of esters is 1. The van der Waals surface area contributed by atoms with E-state index in [2.05, 4.69) is 4.74 Å². The lowest BCUT2D eigenvalue weighted by Crippen LogP contribution is -2.47. The fourth-order valence-corrected chi connectivity index (χ4v) is 4.79. The summed E-state index contributed by atoms with van der Waals surface area (Å²) >= 11 is 0. The first-order chi connectivity index (χ1) is 19.5. The zero-order valence-electron chi connectivity index (χ0n) is 23.5. The van der Waals surface area contributed by atoms with Crippen molar-refractivity contribution >= 4 is 40.9 Å². The molecule has 0 aliphatic carbocycles. The van der Waals surface area contributed by atoms with Gasteiger partial charge >= 0.3 is 12.1 Å². The molecule has 2 atom stereocenters. The van der Waals surface area contributed by atoms with Crippen molar-refractivity contribution in [3.8, 4) is 11.1 Å². The molecule has 0 unspecified atom stereocenters. The van der Waals surface area contributed by atoms with Crippen molar-refractivity contribution in [2.24, 2.45) is 0 Å². The number of nitrogens with zero attached hydrogens (tertiary/aromatic N) is 1. The molecule has 1 aliphatic rings. The van der Waals surface area contributed by atoms with Crippen molar-refractivity contribution in [1.29, 1.82) is 0 Å². The van der Waals surface area contributed by atoms with Crippen molar-refractivity contribution < 1.29 is 38.2 Å². The van der Waals surface area contributed by atoms with Crippen LogP contribution in [0.4, 0.5) is 4.79 Å². The van der Waals surface area contributed by atoms with E-state index < -0.39 is 30.3 Å². The standard InChI is InChI=1S/C32H33NO8/c1-20-5-14-27(33(20)31(38)41-32(2,3)4)30(37)40-18-29(36)22-8-6-21(7-9-22)23-10-11-25-16-26(13-12-24(25)15-23)28(35)17-39-19-34/h6-13,15-16,19-20,27H,5,14,17-18H2,1-4H3/t20-,27+/m1/s1. The first-order valence-corrected chi connectivity index (χ1v) is 13.4. The van der Waals surface area contributed by atoms with E-state index in [1.165, 1.54) is 4.90 Å². The Labute approximate surface area is 238 Å². The van der Waals surface area contributed by atoms with Crippen LogP contribution in [0, 0.1) is 0 Å². The predicted molar refractivity (Wildman–Crippen MR) is 152 cm³/mol.